The Bertz CT molecular complexity index is 1250. The van der Waals surface area contributed by atoms with E-state index in [-0.39, 0.29) is 25.0 Å². The minimum absolute atomic E-state index is 0.0109. The molecule has 3 N–H and O–H groups in total. The van der Waals surface area contributed by atoms with Gasteiger partial charge in [0.25, 0.3) is 0 Å². The second-order valence-corrected chi connectivity index (χ2v) is 11.8. The summed E-state index contributed by atoms with van der Waals surface area (Å²) in [4.78, 5) is 21.4. The van der Waals surface area contributed by atoms with Crippen molar-refractivity contribution in [2.45, 2.75) is 45.1 Å². The van der Waals surface area contributed by atoms with E-state index in [0.29, 0.717) is 28.3 Å². The van der Waals surface area contributed by atoms with Crippen molar-refractivity contribution >= 4 is 44.6 Å². The van der Waals surface area contributed by atoms with Gasteiger partial charge in [0.2, 0.25) is 5.95 Å². The number of nitrogens with zero attached hydrogens (tertiary/aromatic N) is 3. The summed E-state index contributed by atoms with van der Waals surface area (Å²) in [5.41, 5.74) is 2.53. The third kappa shape index (κ3) is 7.25. The molecule has 0 fully saturated rings. The molecule has 0 bridgehead atoms. The number of aliphatic hydroxyl groups excluding tert-OH is 1. The first-order valence-electron chi connectivity index (χ1n) is 11.8. The van der Waals surface area contributed by atoms with Gasteiger partial charge >= 0.3 is 6.09 Å². The molecule has 2 atom stereocenters. The van der Waals surface area contributed by atoms with Crippen molar-refractivity contribution in [3.63, 3.8) is 0 Å². The molecule has 0 saturated heterocycles. The number of carbonyl (C=O) groups excluding carboxylic acids is 1. The standard InChI is InChI=1S/C25H33N5O4S2/c1-5-34-25(32)30-36(33,6-2)21-9-7-19(8-10-21)28-24-26-14-22(18-11-12-35-16-18)23(29-24)27-20(15-31)13-17(3)4/h7-12,14,16-17,20,31H,5-6,13,15H2,1-4H3,(H2,26,27,28,29)/t20-,36?/m0/s1. The van der Waals surface area contributed by atoms with Crippen LogP contribution in [-0.2, 0) is 14.5 Å². The Balaban J connectivity index is 1.87. The van der Waals surface area contributed by atoms with Gasteiger partial charge in [0.05, 0.1) is 29.0 Å². The maximum atomic E-state index is 13.2. The SMILES string of the molecule is CCOC(=O)N=S(=O)(CC)c1ccc(Nc2ncc(-c3ccsc3)c(N[C@H](CO)CC(C)C)n2)cc1. The molecule has 0 radical (unpaired) electrons. The average molecular weight is 532 g/mol. The Hall–Kier alpha value is -3.02. The molecule has 1 unspecified atom stereocenters. The molecular weight excluding hydrogens is 498 g/mol. The first kappa shape index (κ1) is 27.6. The van der Waals surface area contributed by atoms with Crippen molar-refractivity contribution in [3.05, 3.63) is 47.3 Å². The molecule has 0 saturated carbocycles. The molecule has 2 heterocycles. The highest BCUT2D eigenvalue weighted by molar-refractivity contribution is 7.93. The van der Waals surface area contributed by atoms with Gasteiger partial charge in [0.15, 0.2) is 0 Å². The highest BCUT2D eigenvalue weighted by Gasteiger charge is 2.17. The van der Waals surface area contributed by atoms with Crippen molar-refractivity contribution in [1.82, 2.24) is 9.97 Å². The van der Waals surface area contributed by atoms with Gasteiger partial charge in [-0.25, -0.2) is 14.0 Å². The lowest BCUT2D eigenvalue weighted by Crippen LogP contribution is -2.26. The minimum Gasteiger partial charge on any atom is -0.448 e. The molecule has 9 nitrogen and oxygen atoms in total. The quantitative estimate of drug-likeness (QED) is 0.285. The second kappa shape index (κ2) is 12.8. The summed E-state index contributed by atoms with van der Waals surface area (Å²) < 4.78 is 21.8. The van der Waals surface area contributed by atoms with Gasteiger partial charge in [-0.15, -0.1) is 4.36 Å². The van der Waals surface area contributed by atoms with E-state index in [2.05, 4.69) is 33.8 Å². The van der Waals surface area contributed by atoms with Gasteiger partial charge in [-0.3, -0.25) is 0 Å². The maximum Gasteiger partial charge on any atom is 0.442 e. The molecule has 11 heteroatoms. The summed E-state index contributed by atoms with van der Waals surface area (Å²) in [5.74, 6) is 1.59. The van der Waals surface area contributed by atoms with Crippen LogP contribution in [0.5, 0.6) is 0 Å². The number of aromatic nitrogens is 2. The lowest BCUT2D eigenvalue weighted by molar-refractivity contribution is 0.164. The molecule has 0 aliphatic heterocycles. The van der Waals surface area contributed by atoms with Crippen LogP contribution in [0.3, 0.4) is 0 Å². The van der Waals surface area contributed by atoms with Crippen LogP contribution in [0.25, 0.3) is 11.1 Å². The van der Waals surface area contributed by atoms with Crippen LogP contribution < -0.4 is 10.6 Å². The van der Waals surface area contributed by atoms with E-state index in [1.165, 1.54) is 0 Å². The van der Waals surface area contributed by atoms with Crippen molar-refractivity contribution in [1.29, 1.82) is 0 Å². The lowest BCUT2D eigenvalue weighted by Gasteiger charge is -2.21. The normalized spacial score (nSPS) is 13.6. The number of hydrogen-bond acceptors (Lipinski definition) is 9. The van der Waals surface area contributed by atoms with Crippen LogP contribution >= 0.6 is 11.3 Å². The first-order chi connectivity index (χ1) is 17.3. The number of amides is 1. The second-order valence-electron chi connectivity index (χ2n) is 8.49. The molecule has 2 aromatic heterocycles. The van der Waals surface area contributed by atoms with Crippen molar-refractivity contribution in [2.24, 2.45) is 10.3 Å². The summed E-state index contributed by atoms with van der Waals surface area (Å²) in [5, 5.41) is 20.4. The predicted octanol–water partition coefficient (Wildman–Crippen LogP) is 5.77. The van der Waals surface area contributed by atoms with E-state index >= 15 is 0 Å². The summed E-state index contributed by atoms with van der Waals surface area (Å²) in [6.45, 7) is 7.76. The van der Waals surface area contributed by atoms with Gasteiger partial charge < -0.3 is 20.5 Å². The number of benzene rings is 1. The lowest BCUT2D eigenvalue weighted by atomic mass is 10.0. The summed E-state index contributed by atoms with van der Waals surface area (Å²) in [6.07, 6.45) is 1.71. The van der Waals surface area contributed by atoms with Crippen LogP contribution in [0.1, 0.15) is 34.1 Å². The highest BCUT2D eigenvalue weighted by atomic mass is 32.2. The van der Waals surface area contributed by atoms with E-state index in [1.54, 1.807) is 55.6 Å². The van der Waals surface area contributed by atoms with E-state index < -0.39 is 15.8 Å². The van der Waals surface area contributed by atoms with E-state index in [9.17, 15) is 14.1 Å². The number of thiophene rings is 1. The Kier molecular flexibility index (Phi) is 9.80. The van der Waals surface area contributed by atoms with Crippen LogP contribution in [0.2, 0.25) is 0 Å². The number of ether oxygens (including phenoxy) is 1. The van der Waals surface area contributed by atoms with E-state index in [1.807, 2.05) is 16.8 Å². The van der Waals surface area contributed by atoms with Gasteiger partial charge in [-0.2, -0.15) is 16.3 Å². The highest BCUT2D eigenvalue weighted by Crippen LogP contribution is 2.30. The molecule has 3 rings (SSSR count). The third-order valence-corrected chi connectivity index (χ3v) is 8.22. The zero-order chi connectivity index (χ0) is 26.1. The molecule has 1 aromatic carbocycles. The van der Waals surface area contributed by atoms with Gasteiger partial charge in [-0.05, 0) is 65.9 Å². The Morgan fingerprint density at radius 2 is 1.97 bits per heavy atom. The number of aliphatic hydroxyl groups is 1. The zero-order valence-electron chi connectivity index (χ0n) is 20.9. The van der Waals surface area contributed by atoms with E-state index in [0.717, 1.165) is 17.5 Å². The number of nitrogens with one attached hydrogen (secondary N) is 2. The third-order valence-electron chi connectivity index (χ3n) is 5.30. The summed E-state index contributed by atoms with van der Waals surface area (Å²) >= 11 is 1.59. The zero-order valence-corrected chi connectivity index (χ0v) is 22.6. The van der Waals surface area contributed by atoms with E-state index in [4.69, 9.17) is 9.72 Å². The predicted molar refractivity (Wildman–Crippen MR) is 145 cm³/mol. The van der Waals surface area contributed by atoms with Crippen molar-refractivity contribution < 1.29 is 18.8 Å². The largest absolute Gasteiger partial charge is 0.448 e. The topological polar surface area (TPSA) is 126 Å². The Morgan fingerprint density at radius 1 is 1.22 bits per heavy atom. The molecule has 0 aliphatic carbocycles. The smallest absolute Gasteiger partial charge is 0.442 e. The van der Waals surface area contributed by atoms with Crippen molar-refractivity contribution in [3.8, 4) is 11.1 Å². The molecule has 194 valence electrons. The monoisotopic (exact) mass is 531 g/mol. The maximum absolute atomic E-state index is 13.2. The molecular formula is C25H33N5O4S2. The average Bonchev–Trinajstić information content (AvgIpc) is 3.38. The summed E-state index contributed by atoms with van der Waals surface area (Å²) in [6, 6.07) is 8.67. The molecule has 1 amide bonds. The Labute approximate surface area is 216 Å². The van der Waals surface area contributed by atoms with Crippen LogP contribution in [0, 0.1) is 5.92 Å². The van der Waals surface area contributed by atoms with Crippen LogP contribution in [-0.4, -0.2) is 50.4 Å². The van der Waals surface area contributed by atoms with Gasteiger partial charge in [-0.1, -0.05) is 20.8 Å². The number of rotatable bonds is 11. The molecule has 3 aromatic rings. The van der Waals surface area contributed by atoms with Crippen LogP contribution in [0.4, 0.5) is 22.2 Å². The first-order valence-corrected chi connectivity index (χ1v) is 14.5. The fraction of sp³-hybridized carbons (Fsp3) is 0.400. The fourth-order valence-electron chi connectivity index (χ4n) is 3.56. The summed E-state index contributed by atoms with van der Waals surface area (Å²) in [7, 11) is -2.92. The van der Waals surface area contributed by atoms with Crippen LogP contribution in [0.15, 0.2) is 56.5 Å². The fourth-order valence-corrected chi connectivity index (χ4v) is 5.64. The van der Waals surface area contributed by atoms with Gasteiger partial charge in [0, 0.05) is 28.1 Å². The minimum atomic E-state index is -2.92. The molecule has 36 heavy (non-hydrogen) atoms. The number of carbonyl (C=O) groups is 1. The van der Waals surface area contributed by atoms with Crippen molar-refractivity contribution in [2.75, 3.05) is 29.6 Å². The number of hydrogen-bond donors (Lipinski definition) is 3. The number of anilines is 3. The molecule has 0 aliphatic rings. The molecule has 0 spiro atoms. The van der Waals surface area contributed by atoms with Gasteiger partial charge in [0.1, 0.15) is 5.82 Å². The Morgan fingerprint density at radius 3 is 2.56 bits per heavy atom.